The molecule has 3 aromatic carbocycles. The van der Waals surface area contributed by atoms with E-state index < -0.39 is 6.04 Å². The molecule has 1 atom stereocenters. The predicted molar refractivity (Wildman–Crippen MR) is 153 cm³/mol. The number of fused-ring (bicyclic) bond motifs is 1. The number of hydrogen-bond donors (Lipinski definition) is 3. The van der Waals surface area contributed by atoms with Crippen LogP contribution >= 0.6 is 0 Å². The summed E-state index contributed by atoms with van der Waals surface area (Å²) in [5, 5.41) is 14.2. The maximum absolute atomic E-state index is 13.5. The van der Waals surface area contributed by atoms with Crippen LogP contribution in [0.3, 0.4) is 0 Å². The molecule has 0 radical (unpaired) electrons. The van der Waals surface area contributed by atoms with E-state index in [1.165, 1.54) is 0 Å². The van der Waals surface area contributed by atoms with E-state index in [2.05, 4.69) is 10.3 Å². The van der Waals surface area contributed by atoms with E-state index in [1.807, 2.05) is 72.9 Å². The molecule has 1 heterocycles. The number of hydrogen-bond acceptors (Lipinski definition) is 6. The highest BCUT2D eigenvalue weighted by Crippen LogP contribution is 2.41. The molecule has 0 saturated carbocycles. The zero-order valence-electron chi connectivity index (χ0n) is 22.6. The van der Waals surface area contributed by atoms with E-state index in [9.17, 15) is 9.90 Å². The third-order valence-corrected chi connectivity index (χ3v) is 6.49. The number of rotatable bonds is 12. The van der Waals surface area contributed by atoms with Gasteiger partial charge < -0.3 is 34.4 Å². The number of benzene rings is 3. The van der Waals surface area contributed by atoms with Crippen molar-refractivity contribution in [1.29, 1.82) is 0 Å². The summed E-state index contributed by atoms with van der Waals surface area (Å²) in [6.07, 6.45) is 6.18. The van der Waals surface area contributed by atoms with Crippen LogP contribution < -0.4 is 19.5 Å². The van der Waals surface area contributed by atoms with Crippen molar-refractivity contribution in [1.82, 2.24) is 10.3 Å². The lowest BCUT2D eigenvalue weighted by molar-refractivity contribution is 0.0916. The normalized spacial score (nSPS) is 12.0. The Morgan fingerprint density at radius 1 is 0.974 bits per heavy atom. The van der Waals surface area contributed by atoms with Gasteiger partial charge in [-0.3, -0.25) is 4.79 Å². The molecule has 8 nitrogen and oxygen atoms in total. The first-order valence-corrected chi connectivity index (χ1v) is 12.6. The maximum atomic E-state index is 13.5. The van der Waals surface area contributed by atoms with Gasteiger partial charge in [0.1, 0.15) is 0 Å². The minimum absolute atomic E-state index is 0.196. The van der Waals surface area contributed by atoms with Crippen molar-refractivity contribution in [2.24, 2.45) is 0 Å². The average Bonchev–Trinajstić information content (AvgIpc) is 3.38. The van der Waals surface area contributed by atoms with Gasteiger partial charge in [0.15, 0.2) is 11.5 Å². The molecule has 39 heavy (non-hydrogen) atoms. The van der Waals surface area contributed by atoms with Crippen LogP contribution in [0.1, 0.15) is 21.5 Å². The van der Waals surface area contributed by atoms with Crippen molar-refractivity contribution >= 4 is 22.9 Å². The standard InChI is InChI=1S/C31H34N2O6/c1-36-11-7-8-20-12-21(22-16-28(37-2)30(39-4)29(17-22)38-3)14-23(13-20)31(35)33-25(19-34)15-24-18-32-27-10-6-5-9-26(24)27/h5-10,12-14,16-18,25,32,34H,11,15,19H2,1-4H3,(H,33,35)/t25-/m1/s1. The lowest BCUT2D eigenvalue weighted by Gasteiger charge is -2.18. The van der Waals surface area contributed by atoms with Crippen molar-refractivity contribution in [2.75, 3.05) is 41.7 Å². The molecular formula is C31H34N2O6. The molecule has 3 N–H and O–H groups in total. The van der Waals surface area contributed by atoms with Gasteiger partial charge in [0.25, 0.3) is 5.91 Å². The quantitative estimate of drug-likeness (QED) is 0.242. The molecule has 0 unspecified atom stereocenters. The summed E-state index contributed by atoms with van der Waals surface area (Å²) in [6, 6.07) is 16.8. The van der Waals surface area contributed by atoms with Gasteiger partial charge in [-0.1, -0.05) is 30.4 Å². The highest BCUT2D eigenvalue weighted by molar-refractivity contribution is 5.96. The number of methoxy groups -OCH3 is 4. The number of aromatic amines is 1. The van der Waals surface area contributed by atoms with Crippen LogP contribution in [0.5, 0.6) is 17.2 Å². The molecule has 0 spiro atoms. The Morgan fingerprint density at radius 2 is 1.69 bits per heavy atom. The number of H-pyrrole nitrogens is 1. The monoisotopic (exact) mass is 530 g/mol. The Labute approximate surface area is 228 Å². The number of amides is 1. The van der Waals surface area contributed by atoms with Crippen molar-refractivity contribution in [3.05, 3.63) is 83.6 Å². The van der Waals surface area contributed by atoms with E-state index in [0.717, 1.165) is 33.2 Å². The second kappa shape index (κ2) is 13.0. The molecule has 4 aromatic rings. The Kier molecular flexibility index (Phi) is 9.25. The number of aliphatic hydroxyl groups excluding tert-OH is 1. The van der Waals surface area contributed by atoms with Crippen LogP contribution in [0.4, 0.5) is 0 Å². The van der Waals surface area contributed by atoms with Crippen LogP contribution in [-0.4, -0.2) is 63.7 Å². The minimum atomic E-state index is -0.464. The first-order valence-electron chi connectivity index (χ1n) is 12.6. The van der Waals surface area contributed by atoms with E-state index in [4.69, 9.17) is 18.9 Å². The molecular weight excluding hydrogens is 496 g/mol. The van der Waals surface area contributed by atoms with Gasteiger partial charge in [0, 0.05) is 29.8 Å². The fourth-order valence-electron chi connectivity index (χ4n) is 4.57. The summed E-state index contributed by atoms with van der Waals surface area (Å²) >= 11 is 0. The molecule has 0 aliphatic carbocycles. The first kappa shape index (κ1) is 27.8. The molecule has 8 heteroatoms. The lowest BCUT2D eigenvalue weighted by atomic mass is 9.98. The number of para-hydroxylation sites is 1. The molecule has 4 rings (SSSR count). The van der Waals surface area contributed by atoms with Crippen molar-refractivity contribution in [3.63, 3.8) is 0 Å². The van der Waals surface area contributed by atoms with Crippen molar-refractivity contribution < 1.29 is 28.8 Å². The smallest absolute Gasteiger partial charge is 0.251 e. The number of nitrogens with one attached hydrogen (secondary N) is 2. The van der Waals surface area contributed by atoms with Crippen LogP contribution in [0.15, 0.2) is 66.9 Å². The number of aliphatic hydroxyl groups is 1. The molecule has 0 bridgehead atoms. The van der Waals surface area contributed by atoms with E-state index in [1.54, 1.807) is 28.4 Å². The summed E-state index contributed by atoms with van der Waals surface area (Å²) < 4.78 is 21.7. The lowest BCUT2D eigenvalue weighted by Crippen LogP contribution is -2.39. The average molecular weight is 531 g/mol. The minimum Gasteiger partial charge on any atom is -0.493 e. The van der Waals surface area contributed by atoms with Crippen LogP contribution in [0.25, 0.3) is 28.1 Å². The van der Waals surface area contributed by atoms with Gasteiger partial charge in [-0.2, -0.15) is 0 Å². The Bertz CT molecular complexity index is 1430. The molecule has 0 aliphatic rings. The molecule has 0 saturated heterocycles. The third-order valence-electron chi connectivity index (χ3n) is 6.49. The summed E-state index contributed by atoms with van der Waals surface area (Å²) in [5.41, 5.74) is 4.89. The van der Waals surface area contributed by atoms with Crippen molar-refractivity contribution in [2.45, 2.75) is 12.5 Å². The second-order valence-corrected chi connectivity index (χ2v) is 9.03. The van der Waals surface area contributed by atoms with Crippen LogP contribution in [0, 0.1) is 0 Å². The number of aromatic nitrogens is 1. The maximum Gasteiger partial charge on any atom is 0.251 e. The van der Waals surface area contributed by atoms with Gasteiger partial charge in [0.05, 0.1) is 40.6 Å². The van der Waals surface area contributed by atoms with Crippen LogP contribution in [-0.2, 0) is 11.2 Å². The van der Waals surface area contributed by atoms with E-state index >= 15 is 0 Å². The molecule has 0 aliphatic heterocycles. The molecule has 1 amide bonds. The van der Waals surface area contributed by atoms with Gasteiger partial charge in [-0.25, -0.2) is 0 Å². The number of ether oxygens (including phenoxy) is 4. The highest BCUT2D eigenvalue weighted by Gasteiger charge is 2.19. The van der Waals surface area contributed by atoms with Gasteiger partial charge >= 0.3 is 0 Å². The number of carbonyl (C=O) groups excluding carboxylic acids is 1. The predicted octanol–water partition coefficient (Wildman–Crippen LogP) is 4.85. The second-order valence-electron chi connectivity index (χ2n) is 9.03. The van der Waals surface area contributed by atoms with Gasteiger partial charge in [-0.05, 0) is 65.1 Å². The first-order chi connectivity index (χ1) is 19.0. The summed E-state index contributed by atoms with van der Waals surface area (Å²) in [7, 11) is 6.30. The fraction of sp³-hybridized carbons (Fsp3) is 0.258. The summed E-state index contributed by atoms with van der Waals surface area (Å²) in [6.45, 7) is 0.242. The Morgan fingerprint density at radius 3 is 2.36 bits per heavy atom. The largest absolute Gasteiger partial charge is 0.493 e. The zero-order valence-corrected chi connectivity index (χ0v) is 22.6. The van der Waals surface area contributed by atoms with E-state index in [-0.39, 0.29) is 12.5 Å². The Balaban J connectivity index is 1.67. The van der Waals surface area contributed by atoms with Gasteiger partial charge in [0.2, 0.25) is 5.75 Å². The fourth-order valence-corrected chi connectivity index (χ4v) is 4.57. The SMILES string of the molecule is COCC=Cc1cc(C(=O)N[C@@H](CO)Cc2c[nH]c3ccccc23)cc(-c2cc(OC)c(OC)c(OC)c2)c1. The molecule has 0 fully saturated rings. The Hall–Kier alpha value is -4.27. The topological polar surface area (TPSA) is 102 Å². The van der Waals surface area contributed by atoms with Crippen LogP contribution in [0.2, 0.25) is 0 Å². The highest BCUT2D eigenvalue weighted by atomic mass is 16.5. The van der Waals surface area contributed by atoms with Crippen molar-refractivity contribution in [3.8, 4) is 28.4 Å². The molecule has 204 valence electrons. The molecule has 1 aromatic heterocycles. The van der Waals surface area contributed by atoms with E-state index in [0.29, 0.717) is 35.8 Å². The third kappa shape index (κ3) is 6.42. The number of carbonyl (C=O) groups is 1. The zero-order chi connectivity index (χ0) is 27.8. The van der Waals surface area contributed by atoms with Gasteiger partial charge in [-0.15, -0.1) is 0 Å². The summed E-state index contributed by atoms with van der Waals surface area (Å²) in [5.74, 6) is 1.22. The summed E-state index contributed by atoms with van der Waals surface area (Å²) in [4.78, 5) is 16.7.